The normalized spacial score (nSPS) is 15.8. The highest BCUT2D eigenvalue weighted by atomic mass is 16.2. The molecule has 116 valence electrons. The number of piperidine rings is 1. The fourth-order valence-electron chi connectivity index (χ4n) is 2.67. The molecule has 1 aliphatic rings. The first-order valence-electron chi connectivity index (χ1n) is 7.35. The first-order valence-corrected chi connectivity index (χ1v) is 7.35. The number of aromatic amines is 1. The molecule has 0 aliphatic carbocycles. The third-order valence-corrected chi connectivity index (χ3v) is 3.93. The highest BCUT2D eigenvalue weighted by Crippen LogP contribution is 2.14. The minimum atomic E-state index is -0.108. The van der Waals surface area contributed by atoms with Gasteiger partial charge >= 0.3 is 0 Å². The standard InChI is InChI=1S/C15H19N5O2/c1-19-10-12(9-17-19)14(21)18-13-3-6-20(7-4-13)15(22)11-2-5-16-8-11/h2,5,8-10,13,16H,3-4,6-7H2,1H3,(H,18,21). The maximum Gasteiger partial charge on any atom is 0.255 e. The molecule has 2 amide bonds. The van der Waals surface area contributed by atoms with Crippen LogP contribution in [0.5, 0.6) is 0 Å². The Morgan fingerprint density at radius 1 is 1.32 bits per heavy atom. The van der Waals surface area contributed by atoms with Crippen LogP contribution in [0.3, 0.4) is 0 Å². The number of hydrogen-bond acceptors (Lipinski definition) is 3. The van der Waals surface area contributed by atoms with Gasteiger partial charge in [-0.1, -0.05) is 0 Å². The largest absolute Gasteiger partial charge is 0.367 e. The van der Waals surface area contributed by atoms with Crippen LogP contribution in [0, 0.1) is 0 Å². The van der Waals surface area contributed by atoms with E-state index in [2.05, 4.69) is 15.4 Å². The number of aryl methyl sites for hydroxylation is 1. The summed E-state index contributed by atoms with van der Waals surface area (Å²) in [6.07, 6.45) is 8.23. The van der Waals surface area contributed by atoms with E-state index in [0.29, 0.717) is 24.2 Å². The molecule has 2 aromatic heterocycles. The highest BCUT2D eigenvalue weighted by Gasteiger charge is 2.25. The monoisotopic (exact) mass is 301 g/mol. The minimum Gasteiger partial charge on any atom is -0.367 e. The predicted octanol–water partition coefficient (Wildman–Crippen LogP) is 0.783. The number of carbonyl (C=O) groups is 2. The molecular formula is C15H19N5O2. The SMILES string of the molecule is Cn1cc(C(=O)NC2CCN(C(=O)c3cc[nH]c3)CC2)cn1. The summed E-state index contributed by atoms with van der Waals surface area (Å²) in [6, 6.07) is 1.88. The number of nitrogens with zero attached hydrogens (tertiary/aromatic N) is 3. The zero-order valence-corrected chi connectivity index (χ0v) is 12.5. The van der Waals surface area contributed by atoms with E-state index in [0.717, 1.165) is 12.8 Å². The van der Waals surface area contributed by atoms with E-state index in [4.69, 9.17) is 0 Å². The quantitative estimate of drug-likeness (QED) is 0.879. The molecule has 0 aromatic carbocycles. The van der Waals surface area contributed by atoms with Crippen LogP contribution in [-0.4, -0.2) is 50.6 Å². The smallest absolute Gasteiger partial charge is 0.255 e. The summed E-state index contributed by atoms with van der Waals surface area (Å²) in [6.45, 7) is 1.31. The summed E-state index contributed by atoms with van der Waals surface area (Å²) in [5.74, 6) is -0.0678. The van der Waals surface area contributed by atoms with Crippen LogP contribution in [0.4, 0.5) is 0 Å². The third kappa shape index (κ3) is 3.03. The van der Waals surface area contributed by atoms with E-state index < -0.39 is 0 Å². The highest BCUT2D eigenvalue weighted by molar-refractivity contribution is 5.94. The van der Waals surface area contributed by atoms with Crippen molar-refractivity contribution in [3.8, 4) is 0 Å². The van der Waals surface area contributed by atoms with Gasteiger partial charge in [-0.3, -0.25) is 14.3 Å². The number of aromatic nitrogens is 3. The summed E-state index contributed by atoms with van der Waals surface area (Å²) < 4.78 is 1.60. The van der Waals surface area contributed by atoms with Crippen molar-refractivity contribution >= 4 is 11.8 Å². The minimum absolute atomic E-state index is 0.0401. The fourth-order valence-corrected chi connectivity index (χ4v) is 2.67. The topological polar surface area (TPSA) is 83.0 Å². The van der Waals surface area contributed by atoms with Gasteiger partial charge in [0, 0.05) is 44.8 Å². The van der Waals surface area contributed by atoms with Gasteiger partial charge in [0.15, 0.2) is 0 Å². The molecule has 0 radical (unpaired) electrons. The van der Waals surface area contributed by atoms with E-state index in [9.17, 15) is 9.59 Å². The molecule has 0 atom stereocenters. The number of amides is 2. The van der Waals surface area contributed by atoms with Crippen molar-refractivity contribution in [3.05, 3.63) is 42.0 Å². The Labute approximate surface area is 128 Å². The third-order valence-electron chi connectivity index (χ3n) is 3.93. The van der Waals surface area contributed by atoms with Gasteiger partial charge in [-0.2, -0.15) is 5.10 Å². The molecule has 7 heteroatoms. The van der Waals surface area contributed by atoms with E-state index in [1.807, 2.05) is 4.90 Å². The molecule has 0 spiro atoms. The van der Waals surface area contributed by atoms with Crippen LogP contribution in [0.15, 0.2) is 30.9 Å². The molecule has 3 rings (SSSR count). The Bertz CT molecular complexity index is 653. The van der Waals surface area contributed by atoms with Gasteiger partial charge in [0.2, 0.25) is 0 Å². The Balaban J connectivity index is 1.51. The summed E-state index contributed by atoms with van der Waals surface area (Å²) in [7, 11) is 1.78. The van der Waals surface area contributed by atoms with Crippen LogP contribution in [0.1, 0.15) is 33.6 Å². The Hall–Kier alpha value is -2.57. The molecule has 2 aromatic rings. The van der Waals surface area contributed by atoms with Gasteiger partial charge in [0.1, 0.15) is 0 Å². The van der Waals surface area contributed by atoms with Crippen LogP contribution in [0.25, 0.3) is 0 Å². The van der Waals surface area contributed by atoms with Crippen molar-refractivity contribution in [2.24, 2.45) is 7.05 Å². The number of rotatable bonds is 3. The van der Waals surface area contributed by atoms with Crippen molar-refractivity contribution < 1.29 is 9.59 Å². The lowest BCUT2D eigenvalue weighted by atomic mass is 10.0. The Morgan fingerprint density at radius 2 is 2.09 bits per heavy atom. The van der Waals surface area contributed by atoms with Gasteiger partial charge in [0.05, 0.1) is 17.3 Å². The van der Waals surface area contributed by atoms with Crippen LogP contribution in [0.2, 0.25) is 0 Å². The molecular weight excluding hydrogens is 282 g/mol. The Morgan fingerprint density at radius 3 is 2.68 bits per heavy atom. The number of nitrogens with one attached hydrogen (secondary N) is 2. The molecule has 1 saturated heterocycles. The van der Waals surface area contributed by atoms with Crippen molar-refractivity contribution in [1.29, 1.82) is 0 Å². The van der Waals surface area contributed by atoms with Gasteiger partial charge < -0.3 is 15.2 Å². The van der Waals surface area contributed by atoms with Gasteiger partial charge in [0.25, 0.3) is 11.8 Å². The van der Waals surface area contributed by atoms with E-state index >= 15 is 0 Å². The van der Waals surface area contributed by atoms with Crippen molar-refractivity contribution in [2.45, 2.75) is 18.9 Å². The van der Waals surface area contributed by atoms with Crippen LogP contribution in [-0.2, 0) is 7.05 Å². The second kappa shape index (κ2) is 6.05. The summed E-state index contributed by atoms with van der Waals surface area (Å²) in [5, 5.41) is 7.00. The molecule has 0 saturated carbocycles. The second-order valence-electron chi connectivity index (χ2n) is 5.54. The predicted molar refractivity (Wildman–Crippen MR) is 80.4 cm³/mol. The number of carbonyl (C=O) groups excluding carboxylic acids is 2. The summed E-state index contributed by atoms with van der Waals surface area (Å²) >= 11 is 0. The average molecular weight is 301 g/mol. The van der Waals surface area contributed by atoms with E-state index in [1.54, 1.807) is 42.6 Å². The summed E-state index contributed by atoms with van der Waals surface area (Å²) in [4.78, 5) is 29.0. The van der Waals surface area contributed by atoms with Crippen LogP contribution >= 0.6 is 0 Å². The van der Waals surface area contributed by atoms with Gasteiger partial charge in [-0.25, -0.2) is 0 Å². The molecule has 3 heterocycles. The summed E-state index contributed by atoms with van der Waals surface area (Å²) in [5.41, 5.74) is 1.24. The van der Waals surface area contributed by atoms with E-state index in [-0.39, 0.29) is 17.9 Å². The molecule has 7 nitrogen and oxygen atoms in total. The van der Waals surface area contributed by atoms with Crippen LogP contribution < -0.4 is 5.32 Å². The lowest BCUT2D eigenvalue weighted by Crippen LogP contribution is -2.46. The lowest BCUT2D eigenvalue weighted by molar-refractivity contribution is 0.0698. The molecule has 0 bridgehead atoms. The Kier molecular flexibility index (Phi) is 3.95. The number of H-pyrrole nitrogens is 1. The maximum atomic E-state index is 12.2. The van der Waals surface area contributed by atoms with Crippen molar-refractivity contribution in [1.82, 2.24) is 25.0 Å². The van der Waals surface area contributed by atoms with Gasteiger partial charge in [-0.05, 0) is 18.9 Å². The van der Waals surface area contributed by atoms with E-state index in [1.165, 1.54) is 0 Å². The second-order valence-corrected chi connectivity index (χ2v) is 5.54. The molecule has 22 heavy (non-hydrogen) atoms. The first-order chi connectivity index (χ1) is 10.6. The van der Waals surface area contributed by atoms with Crippen molar-refractivity contribution in [2.75, 3.05) is 13.1 Å². The fraction of sp³-hybridized carbons (Fsp3) is 0.400. The molecule has 1 fully saturated rings. The van der Waals surface area contributed by atoms with Gasteiger partial charge in [-0.15, -0.1) is 0 Å². The number of likely N-dealkylation sites (tertiary alicyclic amines) is 1. The first kappa shape index (κ1) is 14.4. The maximum absolute atomic E-state index is 12.2. The lowest BCUT2D eigenvalue weighted by Gasteiger charge is -2.32. The zero-order valence-electron chi connectivity index (χ0n) is 12.5. The van der Waals surface area contributed by atoms with Crippen molar-refractivity contribution in [3.63, 3.8) is 0 Å². The number of hydrogen-bond donors (Lipinski definition) is 2. The molecule has 0 unspecified atom stereocenters. The zero-order chi connectivity index (χ0) is 15.5. The molecule has 1 aliphatic heterocycles. The average Bonchev–Trinajstić information content (AvgIpc) is 3.18. The molecule has 2 N–H and O–H groups in total.